The Morgan fingerprint density at radius 3 is 1.96 bits per heavy atom. The molecule has 1 aromatic heterocycles. The molecule has 0 bridgehead atoms. The van der Waals surface area contributed by atoms with E-state index in [0.717, 1.165) is 22.3 Å². The molecule has 0 aliphatic carbocycles. The van der Waals surface area contributed by atoms with Crippen LogP contribution in [0.1, 0.15) is 0 Å². The number of hydrogen-bond acceptors (Lipinski definition) is 6. The van der Waals surface area contributed by atoms with Crippen molar-refractivity contribution in [3.05, 3.63) is 84.6 Å². The Bertz CT molecular complexity index is 953. The third kappa shape index (κ3) is 4.23. The van der Waals surface area contributed by atoms with Crippen LogP contribution in [0.4, 0.5) is 0 Å². The van der Waals surface area contributed by atoms with Crippen LogP contribution >= 0.6 is 0 Å². The van der Waals surface area contributed by atoms with E-state index in [1.807, 2.05) is 54.7 Å². The van der Waals surface area contributed by atoms with Crippen LogP contribution in [0.2, 0.25) is 0 Å². The van der Waals surface area contributed by atoms with E-state index in [1.54, 1.807) is 18.3 Å². The van der Waals surface area contributed by atoms with Gasteiger partial charge in [0, 0.05) is 12.4 Å². The maximum atomic E-state index is 10.9. The predicted molar refractivity (Wildman–Crippen MR) is 102 cm³/mol. The summed E-state index contributed by atoms with van der Waals surface area (Å²) in [6.07, 6.45) is 3.56. The molecule has 0 fully saturated rings. The number of aromatic nitrogens is 1. The first-order valence-corrected chi connectivity index (χ1v) is 8.07. The summed E-state index contributed by atoms with van der Waals surface area (Å²) in [6.45, 7) is 0. The van der Waals surface area contributed by atoms with E-state index in [4.69, 9.17) is 21.4 Å². The second kappa shape index (κ2) is 8.03. The Balaban J connectivity index is 1.77. The lowest BCUT2D eigenvalue weighted by Gasteiger charge is -2.11. The number of benzene rings is 2. The molecular weight excluding hydrogens is 344 g/mol. The molecule has 2 aromatic carbocycles. The average molecular weight is 362 g/mol. The van der Waals surface area contributed by atoms with Gasteiger partial charge in [0.05, 0.1) is 0 Å². The lowest BCUT2D eigenvalue weighted by Crippen LogP contribution is -2.31. The number of rotatable bonds is 6. The van der Waals surface area contributed by atoms with E-state index < -0.39 is 11.7 Å². The monoisotopic (exact) mass is 362 g/mol. The van der Waals surface area contributed by atoms with E-state index in [-0.39, 0.29) is 5.88 Å². The van der Waals surface area contributed by atoms with Crippen molar-refractivity contribution in [3.8, 4) is 28.0 Å². The van der Waals surface area contributed by atoms with Crippen molar-refractivity contribution in [1.29, 1.82) is 0 Å². The first kappa shape index (κ1) is 18.0. The van der Waals surface area contributed by atoms with E-state index >= 15 is 0 Å². The summed E-state index contributed by atoms with van der Waals surface area (Å²) >= 11 is 0. The number of hydrazine groups is 1. The molecule has 0 atom stereocenters. The standard InChI is InChI=1S/C20H18N4O3/c21-18(20(25)26)19(24-22)27-17-9-7-14(8-10-17)13-3-5-15(6-4-13)16-2-1-11-23-12-16/h1-12,24H,21-22H2,(H,25,26)/b19-18+. The van der Waals surface area contributed by atoms with E-state index in [0.29, 0.717) is 5.75 Å². The zero-order valence-corrected chi connectivity index (χ0v) is 14.3. The number of aliphatic carboxylic acids is 1. The summed E-state index contributed by atoms with van der Waals surface area (Å²) in [4.78, 5) is 15.0. The summed E-state index contributed by atoms with van der Waals surface area (Å²) in [5.41, 5.74) is 11.2. The molecule has 0 spiro atoms. The molecule has 6 N–H and O–H groups in total. The summed E-state index contributed by atoms with van der Waals surface area (Å²) in [7, 11) is 0. The molecule has 1 heterocycles. The second-order valence-electron chi connectivity index (χ2n) is 5.64. The fourth-order valence-corrected chi connectivity index (χ4v) is 2.48. The van der Waals surface area contributed by atoms with Crippen LogP contribution in [0.25, 0.3) is 22.3 Å². The van der Waals surface area contributed by atoms with Crippen molar-refractivity contribution in [1.82, 2.24) is 10.4 Å². The van der Waals surface area contributed by atoms with Gasteiger partial charge in [-0.25, -0.2) is 10.6 Å². The van der Waals surface area contributed by atoms with Crippen molar-refractivity contribution in [2.45, 2.75) is 0 Å². The molecule has 0 unspecified atom stereocenters. The highest BCUT2D eigenvalue weighted by atomic mass is 16.5. The number of nitrogens with zero attached hydrogens (tertiary/aromatic N) is 1. The van der Waals surface area contributed by atoms with Gasteiger partial charge in [-0.15, -0.1) is 0 Å². The van der Waals surface area contributed by atoms with Gasteiger partial charge in [-0.05, 0) is 40.5 Å². The third-order valence-electron chi connectivity index (χ3n) is 3.89. The second-order valence-corrected chi connectivity index (χ2v) is 5.64. The van der Waals surface area contributed by atoms with Gasteiger partial charge >= 0.3 is 5.97 Å². The molecule has 0 aliphatic rings. The van der Waals surface area contributed by atoms with Crippen LogP contribution < -0.4 is 21.7 Å². The zero-order chi connectivity index (χ0) is 19.2. The Labute approximate surface area is 155 Å². The maximum Gasteiger partial charge on any atom is 0.357 e. The highest BCUT2D eigenvalue weighted by molar-refractivity contribution is 5.85. The molecule has 7 nitrogen and oxygen atoms in total. The molecule has 27 heavy (non-hydrogen) atoms. The number of carboxylic acid groups (broad SMARTS) is 1. The molecular formula is C20H18N4O3. The Morgan fingerprint density at radius 1 is 0.926 bits per heavy atom. The van der Waals surface area contributed by atoms with Crippen molar-refractivity contribution >= 4 is 5.97 Å². The highest BCUT2D eigenvalue weighted by Crippen LogP contribution is 2.26. The number of ether oxygens (including phenoxy) is 1. The normalized spacial score (nSPS) is 11.4. The van der Waals surface area contributed by atoms with Crippen LogP contribution in [-0.2, 0) is 4.79 Å². The number of nitrogens with two attached hydrogens (primary N) is 2. The molecule has 136 valence electrons. The minimum Gasteiger partial charge on any atom is -0.476 e. The number of nitrogens with one attached hydrogen (secondary N) is 1. The number of carboxylic acids is 1. The van der Waals surface area contributed by atoms with E-state index in [2.05, 4.69) is 10.4 Å². The fraction of sp³-hybridized carbons (Fsp3) is 0. The summed E-state index contributed by atoms with van der Waals surface area (Å²) in [6, 6.07) is 19.1. The van der Waals surface area contributed by atoms with Gasteiger partial charge < -0.3 is 15.6 Å². The Kier molecular flexibility index (Phi) is 5.34. The summed E-state index contributed by atoms with van der Waals surface area (Å²) in [5, 5.41) is 8.90. The molecule has 0 radical (unpaired) electrons. The van der Waals surface area contributed by atoms with Gasteiger partial charge in [0.2, 0.25) is 5.88 Å². The summed E-state index contributed by atoms with van der Waals surface area (Å²) in [5.74, 6) is 4.12. The highest BCUT2D eigenvalue weighted by Gasteiger charge is 2.12. The fourth-order valence-electron chi connectivity index (χ4n) is 2.48. The van der Waals surface area contributed by atoms with Crippen molar-refractivity contribution in [3.63, 3.8) is 0 Å². The van der Waals surface area contributed by atoms with E-state index in [9.17, 15) is 4.79 Å². The molecule has 3 aromatic rings. The van der Waals surface area contributed by atoms with Gasteiger partial charge in [-0.2, -0.15) is 0 Å². The van der Waals surface area contributed by atoms with Crippen LogP contribution in [0.15, 0.2) is 84.6 Å². The quantitative estimate of drug-likeness (QED) is 0.230. The van der Waals surface area contributed by atoms with Crippen molar-refractivity contribution in [2.24, 2.45) is 11.6 Å². The largest absolute Gasteiger partial charge is 0.476 e. The van der Waals surface area contributed by atoms with Gasteiger partial charge in [0.1, 0.15) is 5.75 Å². The van der Waals surface area contributed by atoms with Crippen LogP contribution in [-0.4, -0.2) is 16.1 Å². The van der Waals surface area contributed by atoms with Gasteiger partial charge in [-0.3, -0.25) is 10.4 Å². The molecule has 0 saturated carbocycles. The van der Waals surface area contributed by atoms with Gasteiger partial charge in [-0.1, -0.05) is 42.5 Å². The summed E-state index contributed by atoms with van der Waals surface area (Å²) < 4.78 is 5.39. The third-order valence-corrected chi connectivity index (χ3v) is 3.89. The Hall–Kier alpha value is -3.84. The topological polar surface area (TPSA) is 123 Å². The first-order chi connectivity index (χ1) is 13.1. The molecule has 0 aliphatic heterocycles. The average Bonchev–Trinajstić information content (AvgIpc) is 2.72. The maximum absolute atomic E-state index is 10.9. The van der Waals surface area contributed by atoms with Gasteiger partial charge in [0.15, 0.2) is 5.70 Å². The van der Waals surface area contributed by atoms with Crippen LogP contribution in [0.3, 0.4) is 0 Å². The lowest BCUT2D eigenvalue weighted by molar-refractivity contribution is -0.132. The molecule has 3 rings (SSSR count). The predicted octanol–water partition coefficient (Wildman–Crippen LogP) is 2.47. The van der Waals surface area contributed by atoms with Crippen LogP contribution in [0, 0.1) is 0 Å². The number of hydrogen-bond donors (Lipinski definition) is 4. The van der Waals surface area contributed by atoms with Crippen LogP contribution in [0.5, 0.6) is 5.75 Å². The number of carbonyl (C=O) groups is 1. The van der Waals surface area contributed by atoms with Crippen molar-refractivity contribution in [2.75, 3.05) is 0 Å². The zero-order valence-electron chi connectivity index (χ0n) is 14.3. The Morgan fingerprint density at radius 2 is 1.48 bits per heavy atom. The minimum atomic E-state index is -1.33. The first-order valence-electron chi connectivity index (χ1n) is 8.07. The molecule has 7 heteroatoms. The van der Waals surface area contributed by atoms with Crippen molar-refractivity contribution < 1.29 is 14.6 Å². The molecule has 0 amide bonds. The van der Waals surface area contributed by atoms with Gasteiger partial charge in [0.25, 0.3) is 0 Å². The molecule has 0 saturated heterocycles. The van der Waals surface area contributed by atoms with E-state index in [1.165, 1.54) is 0 Å². The lowest BCUT2D eigenvalue weighted by atomic mass is 10.0. The SMILES string of the molecule is NN/C(Oc1ccc(-c2ccc(-c3cccnc3)cc2)cc1)=C(\N)C(=O)O. The minimum absolute atomic E-state index is 0.226. The smallest absolute Gasteiger partial charge is 0.357 e. The number of pyridine rings is 1.